The zero-order chi connectivity index (χ0) is 13.7. The molecule has 102 valence electrons. The Balaban J connectivity index is 2.35. The quantitative estimate of drug-likeness (QED) is 0.850. The minimum atomic E-state index is 0.543. The monoisotopic (exact) mass is 257 g/mol. The first kappa shape index (κ1) is 13.9. The summed E-state index contributed by atoms with van der Waals surface area (Å²) in [6.45, 7) is 2.23. The molecule has 2 nitrogen and oxygen atoms in total. The van der Waals surface area contributed by atoms with Gasteiger partial charge in [-0.2, -0.15) is 0 Å². The molecule has 0 saturated heterocycles. The Morgan fingerprint density at radius 3 is 2.74 bits per heavy atom. The molecule has 0 aliphatic heterocycles. The lowest BCUT2D eigenvalue weighted by molar-refractivity contribution is 0.415. The molecular weight excluding hydrogens is 234 g/mol. The van der Waals surface area contributed by atoms with Gasteiger partial charge >= 0.3 is 0 Å². The minimum Gasteiger partial charge on any atom is -0.497 e. The number of nitrogens with one attached hydrogen (secondary N) is 1. The second kappa shape index (κ2) is 6.58. The van der Waals surface area contributed by atoms with Crippen LogP contribution in [0.3, 0.4) is 0 Å². The molecule has 1 atom stereocenters. The molecule has 1 unspecified atom stereocenters. The van der Waals surface area contributed by atoms with E-state index in [4.69, 9.17) is 4.74 Å². The molecule has 2 rings (SSSR count). The van der Waals surface area contributed by atoms with E-state index in [2.05, 4.69) is 42.6 Å². The lowest BCUT2D eigenvalue weighted by Gasteiger charge is -2.17. The fourth-order valence-corrected chi connectivity index (χ4v) is 2.58. The van der Waals surface area contributed by atoms with E-state index < -0.39 is 0 Å². The first-order valence-electron chi connectivity index (χ1n) is 7.01. The van der Waals surface area contributed by atoms with Crippen molar-refractivity contribution in [2.45, 2.75) is 32.2 Å². The second-order valence-corrected chi connectivity index (χ2v) is 4.98. The van der Waals surface area contributed by atoms with Crippen molar-refractivity contribution in [3.05, 3.63) is 42.0 Å². The summed E-state index contributed by atoms with van der Waals surface area (Å²) in [6.07, 6.45) is 3.48. The Hall–Kier alpha value is -1.54. The molecule has 0 heterocycles. The Morgan fingerprint density at radius 1 is 1.21 bits per heavy atom. The van der Waals surface area contributed by atoms with E-state index in [1.807, 2.05) is 13.1 Å². The van der Waals surface area contributed by atoms with Gasteiger partial charge in [-0.25, -0.2) is 0 Å². The van der Waals surface area contributed by atoms with E-state index in [1.54, 1.807) is 7.11 Å². The van der Waals surface area contributed by atoms with Gasteiger partial charge in [-0.05, 0) is 48.4 Å². The number of fused-ring (bicyclic) bond motifs is 1. The molecule has 0 aliphatic carbocycles. The van der Waals surface area contributed by atoms with Gasteiger partial charge < -0.3 is 10.1 Å². The predicted octanol–water partition coefficient (Wildman–Crippen LogP) is 3.78. The topological polar surface area (TPSA) is 21.3 Å². The first-order valence-corrected chi connectivity index (χ1v) is 7.01. The van der Waals surface area contributed by atoms with Gasteiger partial charge in [0.2, 0.25) is 0 Å². The van der Waals surface area contributed by atoms with Crippen LogP contribution in [0.1, 0.15) is 25.3 Å². The maximum atomic E-state index is 5.34. The number of rotatable bonds is 6. The van der Waals surface area contributed by atoms with Crippen LogP contribution in [-0.2, 0) is 6.42 Å². The minimum absolute atomic E-state index is 0.543. The zero-order valence-electron chi connectivity index (χ0n) is 12.1. The predicted molar refractivity (Wildman–Crippen MR) is 82.0 cm³/mol. The van der Waals surface area contributed by atoms with Crippen molar-refractivity contribution in [2.24, 2.45) is 0 Å². The number of methoxy groups -OCH3 is 1. The molecule has 0 bridgehead atoms. The summed E-state index contributed by atoms with van der Waals surface area (Å²) in [5, 5.41) is 6.00. The molecular formula is C17H23NO. The van der Waals surface area contributed by atoms with Crippen LogP contribution in [0.2, 0.25) is 0 Å². The van der Waals surface area contributed by atoms with Crippen molar-refractivity contribution in [3.63, 3.8) is 0 Å². The van der Waals surface area contributed by atoms with Gasteiger partial charge in [0.05, 0.1) is 7.11 Å². The Labute approximate surface area is 115 Å². The van der Waals surface area contributed by atoms with Crippen LogP contribution >= 0.6 is 0 Å². The van der Waals surface area contributed by atoms with E-state index in [1.165, 1.54) is 29.2 Å². The lowest BCUT2D eigenvalue weighted by Crippen LogP contribution is -2.27. The maximum Gasteiger partial charge on any atom is 0.119 e. The lowest BCUT2D eigenvalue weighted by atomic mass is 9.96. The second-order valence-electron chi connectivity index (χ2n) is 4.98. The Bertz CT molecular complexity index is 536. The smallest absolute Gasteiger partial charge is 0.119 e. The highest BCUT2D eigenvalue weighted by molar-refractivity contribution is 5.87. The van der Waals surface area contributed by atoms with E-state index in [0.717, 1.165) is 12.2 Å². The first-order chi connectivity index (χ1) is 9.28. The van der Waals surface area contributed by atoms with Crippen molar-refractivity contribution < 1.29 is 4.74 Å². The average molecular weight is 257 g/mol. The number of likely N-dealkylation sites (N-methyl/N-ethyl adjacent to an activating group) is 1. The molecule has 2 aromatic carbocycles. The summed E-state index contributed by atoms with van der Waals surface area (Å²) in [6, 6.07) is 13.4. The largest absolute Gasteiger partial charge is 0.497 e. The fraction of sp³-hybridized carbons (Fsp3) is 0.412. The SMILES string of the molecule is CCCC(Cc1cccc2ccc(OC)cc12)NC. The molecule has 0 aromatic heterocycles. The molecule has 0 aliphatic rings. The van der Waals surface area contributed by atoms with E-state index in [-0.39, 0.29) is 0 Å². The molecule has 1 N–H and O–H groups in total. The summed E-state index contributed by atoms with van der Waals surface area (Å²) in [5.74, 6) is 0.927. The third-order valence-corrected chi connectivity index (χ3v) is 3.69. The molecule has 0 saturated carbocycles. The maximum absolute atomic E-state index is 5.34. The summed E-state index contributed by atoms with van der Waals surface area (Å²) in [4.78, 5) is 0. The molecule has 0 radical (unpaired) electrons. The molecule has 2 aromatic rings. The van der Waals surface area contributed by atoms with Crippen molar-refractivity contribution in [1.82, 2.24) is 5.32 Å². The van der Waals surface area contributed by atoms with Crippen LogP contribution in [0.5, 0.6) is 5.75 Å². The van der Waals surface area contributed by atoms with E-state index in [0.29, 0.717) is 6.04 Å². The standard InChI is InChI=1S/C17H23NO/c1-4-6-15(18-2)11-14-8-5-7-13-9-10-16(19-3)12-17(13)14/h5,7-10,12,15,18H,4,6,11H2,1-3H3. The van der Waals surface area contributed by atoms with E-state index >= 15 is 0 Å². The van der Waals surface area contributed by atoms with Crippen LogP contribution in [0.25, 0.3) is 10.8 Å². The van der Waals surface area contributed by atoms with Crippen LogP contribution in [0.15, 0.2) is 36.4 Å². The van der Waals surface area contributed by atoms with Crippen LogP contribution < -0.4 is 10.1 Å². The van der Waals surface area contributed by atoms with Gasteiger partial charge in [0, 0.05) is 6.04 Å². The van der Waals surface area contributed by atoms with Gasteiger partial charge in [0.1, 0.15) is 5.75 Å². The molecule has 0 spiro atoms. The summed E-state index contributed by atoms with van der Waals surface area (Å²) >= 11 is 0. The highest BCUT2D eigenvalue weighted by Crippen LogP contribution is 2.25. The number of ether oxygens (including phenoxy) is 1. The van der Waals surface area contributed by atoms with Crippen molar-refractivity contribution in [2.75, 3.05) is 14.2 Å². The van der Waals surface area contributed by atoms with Gasteiger partial charge in [-0.3, -0.25) is 0 Å². The molecule has 19 heavy (non-hydrogen) atoms. The molecule has 0 amide bonds. The average Bonchev–Trinajstić information content (AvgIpc) is 2.46. The highest BCUT2D eigenvalue weighted by atomic mass is 16.5. The summed E-state index contributed by atoms with van der Waals surface area (Å²) in [5.41, 5.74) is 1.39. The summed E-state index contributed by atoms with van der Waals surface area (Å²) < 4.78 is 5.34. The van der Waals surface area contributed by atoms with Crippen molar-refractivity contribution in [1.29, 1.82) is 0 Å². The third-order valence-electron chi connectivity index (χ3n) is 3.69. The number of benzene rings is 2. The van der Waals surface area contributed by atoms with Gasteiger partial charge in [0.25, 0.3) is 0 Å². The number of hydrogen-bond donors (Lipinski definition) is 1. The van der Waals surface area contributed by atoms with Crippen molar-refractivity contribution in [3.8, 4) is 5.75 Å². The molecule has 0 fully saturated rings. The van der Waals surface area contributed by atoms with Crippen LogP contribution in [0.4, 0.5) is 0 Å². The van der Waals surface area contributed by atoms with E-state index in [9.17, 15) is 0 Å². The fourth-order valence-electron chi connectivity index (χ4n) is 2.58. The Kier molecular flexibility index (Phi) is 4.80. The van der Waals surface area contributed by atoms with Crippen LogP contribution in [0, 0.1) is 0 Å². The highest BCUT2D eigenvalue weighted by Gasteiger charge is 2.09. The van der Waals surface area contributed by atoms with Gasteiger partial charge in [0.15, 0.2) is 0 Å². The van der Waals surface area contributed by atoms with Gasteiger partial charge in [-0.15, -0.1) is 0 Å². The zero-order valence-corrected chi connectivity index (χ0v) is 12.1. The normalized spacial score (nSPS) is 12.6. The molecule has 2 heteroatoms. The summed E-state index contributed by atoms with van der Waals surface area (Å²) in [7, 11) is 3.77. The Morgan fingerprint density at radius 2 is 2.05 bits per heavy atom. The van der Waals surface area contributed by atoms with Gasteiger partial charge in [-0.1, -0.05) is 37.6 Å². The third kappa shape index (κ3) is 3.27. The van der Waals surface area contributed by atoms with Crippen molar-refractivity contribution >= 4 is 10.8 Å². The number of hydrogen-bond acceptors (Lipinski definition) is 2. The van der Waals surface area contributed by atoms with Crippen LogP contribution in [-0.4, -0.2) is 20.2 Å².